The second-order valence-corrected chi connectivity index (χ2v) is 6.94. The summed E-state index contributed by atoms with van der Waals surface area (Å²) >= 11 is 0. The smallest absolute Gasteiger partial charge is 0.311 e. The molecule has 1 aliphatic heterocycles. The fraction of sp³-hybridized carbons (Fsp3) is 0.409. The van der Waals surface area contributed by atoms with E-state index in [1.54, 1.807) is 26.2 Å². The van der Waals surface area contributed by atoms with Crippen molar-refractivity contribution >= 4 is 5.97 Å². The second-order valence-electron chi connectivity index (χ2n) is 6.94. The molecule has 9 nitrogen and oxygen atoms in total. The van der Waals surface area contributed by atoms with Crippen LogP contribution in [0.5, 0.6) is 17.4 Å². The molecule has 0 saturated carbocycles. The molecular formula is C22H26N4O5. The van der Waals surface area contributed by atoms with Gasteiger partial charge in [0.05, 0.1) is 43.9 Å². The number of fused-ring (bicyclic) bond motifs is 1. The highest BCUT2D eigenvalue weighted by molar-refractivity contribution is 5.73. The topological polar surface area (TPSA) is 132 Å². The molecule has 0 bridgehead atoms. The van der Waals surface area contributed by atoms with E-state index >= 15 is 0 Å². The molecule has 0 fully saturated rings. The van der Waals surface area contributed by atoms with Crippen LogP contribution in [0.1, 0.15) is 49.4 Å². The number of hydrogen-bond donors (Lipinski definition) is 2. The van der Waals surface area contributed by atoms with E-state index in [1.165, 1.54) is 0 Å². The van der Waals surface area contributed by atoms with Crippen molar-refractivity contribution in [3.8, 4) is 23.4 Å². The van der Waals surface area contributed by atoms with E-state index in [1.807, 2.05) is 6.07 Å². The molecule has 31 heavy (non-hydrogen) atoms. The lowest BCUT2D eigenvalue weighted by atomic mass is 9.83. The van der Waals surface area contributed by atoms with Crippen LogP contribution in [-0.4, -0.2) is 36.5 Å². The zero-order valence-electron chi connectivity index (χ0n) is 17.9. The van der Waals surface area contributed by atoms with Crippen LogP contribution in [0.15, 0.2) is 29.7 Å². The molecule has 1 unspecified atom stereocenters. The van der Waals surface area contributed by atoms with Gasteiger partial charge in [0.25, 0.3) is 0 Å². The number of nitrogens with two attached hydrogens (primary N) is 1. The molecule has 0 spiro atoms. The molecule has 3 N–H and O–H groups in total. The van der Waals surface area contributed by atoms with E-state index in [-0.39, 0.29) is 30.4 Å². The van der Waals surface area contributed by atoms with Gasteiger partial charge in [-0.1, -0.05) is 19.4 Å². The molecule has 1 aliphatic rings. The number of H-pyrrole nitrogens is 1. The molecule has 1 atom stereocenters. The number of allylic oxidation sites excluding steroid dienone is 1. The van der Waals surface area contributed by atoms with Gasteiger partial charge in [0, 0.05) is 0 Å². The van der Waals surface area contributed by atoms with Gasteiger partial charge in [-0.2, -0.15) is 5.26 Å². The molecule has 1 aromatic heterocycles. The third-order valence-corrected chi connectivity index (χ3v) is 4.92. The van der Waals surface area contributed by atoms with Gasteiger partial charge in [0.15, 0.2) is 11.5 Å². The van der Waals surface area contributed by atoms with Crippen LogP contribution in [0.3, 0.4) is 0 Å². The summed E-state index contributed by atoms with van der Waals surface area (Å²) in [4.78, 5) is 12.1. The number of nitrogens with one attached hydrogen (secondary N) is 1. The Morgan fingerprint density at radius 1 is 1.35 bits per heavy atom. The van der Waals surface area contributed by atoms with Crippen LogP contribution in [0.25, 0.3) is 0 Å². The molecular weight excluding hydrogens is 400 g/mol. The van der Waals surface area contributed by atoms with Crippen molar-refractivity contribution in [2.45, 2.75) is 39.0 Å². The highest BCUT2D eigenvalue weighted by atomic mass is 16.5. The summed E-state index contributed by atoms with van der Waals surface area (Å²) in [6, 6.07) is 7.57. The molecule has 0 radical (unpaired) electrons. The second kappa shape index (κ2) is 9.89. The molecule has 3 rings (SSSR count). The molecule has 1 aromatic carbocycles. The number of nitrogens with zero attached hydrogens (tertiary/aromatic N) is 2. The Kier molecular flexibility index (Phi) is 7.03. The normalized spacial score (nSPS) is 15.0. The Labute approximate surface area is 180 Å². The number of aromatic amines is 1. The lowest BCUT2D eigenvalue weighted by Gasteiger charge is -2.24. The average molecular weight is 426 g/mol. The van der Waals surface area contributed by atoms with Gasteiger partial charge in [-0.15, -0.1) is 5.10 Å². The number of carbonyl (C=O) groups is 1. The SMILES string of the molecule is CCCCOc1ccc(C2C(C#N)=C(N)Oc3n[nH]c(CC(=O)OCC)c32)cc1OC. The summed E-state index contributed by atoms with van der Waals surface area (Å²) in [5, 5.41) is 16.8. The standard InChI is InChI=1S/C22H26N4O5/c1-4-6-9-30-16-8-7-13(10-17(16)28-3)19-14(12-23)21(24)31-22-20(19)15(25-26-22)11-18(27)29-5-2/h7-8,10,19H,4-6,9,11,24H2,1-3H3,(H,25,26). The Bertz CT molecular complexity index is 1020. The molecule has 164 valence electrons. The quantitative estimate of drug-likeness (QED) is 0.462. The van der Waals surface area contributed by atoms with Crippen LogP contribution in [0.4, 0.5) is 0 Å². The number of hydrogen-bond acceptors (Lipinski definition) is 8. The van der Waals surface area contributed by atoms with Gasteiger partial charge in [-0.25, -0.2) is 0 Å². The van der Waals surface area contributed by atoms with Crippen molar-refractivity contribution in [1.29, 1.82) is 5.26 Å². The lowest BCUT2D eigenvalue weighted by Crippen LogP contribution is -2.22. The minimum Gasteiger partial charge on any atom is -0.493 e. The maximum atomic E-state index is 12.1. The summed E-state index contributed by atoms with van der Waals surface area (Å²) in [5.74, 6) is 0.343. The van der Waals surface area contributed by atoms with E-state index in [4.69, 9.17) is 24.7 Å². The number of ether oxygens (including phenoxy) is 4. The van der Waals surface area contributed by atoms with Gasteiger partial charge in [0.1, 0.15) is 11.6 Å². The molecule has 0 amide bonds. The summed E-state index contributed by atoms with van der Waals surface area (Å²) in [7, 11) is 1.56. The van der Waals surface area contributed by atoms with Gasteiger partial charge in [-0.3, -0.25) is 9.89 Å². The highest BCUT2D eigenvalue weighted by Crippen LogP contribution is 2.44. The first-order valence-electron chi connectivity index (χ1n) is 10.1. The van der Waals surface area contributed by atoms with Crippen LogP contribution >= 0.6 is 0 Å². The fourth-order valence-electron chi connectivity index (χ4n) is 3.44. The summed E-state index contributed by atoms with van der Waals surface area (Å²) in [6.07, 6.45) is 1.91. The predicted molar refractivity (Wildman–Crippen MR) is 112 cm³/mol. The summed E-state index contributed by atoms with van der Waals surface area (Å²) < 4.78 is 21.9. The van der Waals surface area contributed by atoms with Gasteiger partial charge in [-0.05, 0) is 31.0 Å². The van der Waals surface area contributed by atoms with E-state index in [0.29, 0.717) is 29.4 Å². The van der Waals surface area contributed by atoms with Crippen molar-refractivity contribution in [2.24, 2.45) is 5.73 Å². The lowest BCUT2D eigenvalue weighted by molar-refractivity contribution is -0.142. The maximum Gasteiger partial charge on any atom is 0.311 e. The highest BCUT2D eigenvalue weighted by Gasteiger charge is 2.36. The van der Waals surface area contributed by atoms with Crippen molar-refractivity contribution < 1.29 is 23.7 Å². The maximum absolute atomic E-state index is 12.1. The fourth-order valence-corrected chi connectivity index (χ4v) is 3.44. The number of rotatable bonds is 9. The van der Waals surface area contributed by atoms with Crippen molar-refractivity contribution in [1.82, 2.24) is 10.2 Å². The Balaban J connectivity index is 2.04. The molecule has 2 aromatic rings. The minimum absolute atomic E-state index is 0.0311. The molecule has 0 saturated heterocycles. The third-order valence-electron chi connectivity index (χ3n) is 4.92. The zero-order chi connectivity index (χ0) is 22.4. The van der Waals surface area contributed by atoms with Crippen LogP contribution in [0, 0.1) is 11.3 Å². The van der Waals surface area contributed by atoms with Crippen molar-refractivity contribution in [3.05, 3.63) is 46.5 Å². The largest absolute Gasteiger partial charge is 0.493 e. The first-order chi connectivity index (χ1) is 15.0. The summed E-state index contributed by atoms with van der Waals surface area (Å²) in [6.45, 7) is 4.67. The van der Waals surface area contributed by atoms with Crippen LogP contribution < -0.4 is 19.9 Å². The Morgan fingerprint density at radius 2 is 2.16 bits per heavy atom. The number of methoxy groups -OCH3 is 1. The number of benzene rings is 1. The van der Waals surface area contributed by atoms with E-state index in [2.05, 4.69) is 23.2 Å². The molecule has 9 heteroatoms. The number of nitriles is 1. The Morgan fingerprint density at radius 3 is 2.84 bits per heavy atom. The monoisotopic (exact) mass is 426 g/mol. The van der Waals surface area contributed by atoms with Gasteiger partial charge in [0.2, 0.25) is 11.8 Å². The summed E-state index contributed by atoms with van der Waals surface area (Å²) in [5.41, 5.74) is 8.03. The van der Waals surface area contributed by atoms with E-state index in [0.717, 1.165) is 18.4 Å². The van der Waals surface area contributed by atoms with Crippen LogP contribution in [-0.2, 0) is 16.0 Å². The number of carbonyl (C=O) groups excluding carboxylic acids is 1. The first-order valence-corrected chi connectivity index (χ1v) is 10.1. The van der Waals surface area contributed by atoms with Crippen LogP contribution in [0.2, 0.25) is 0 Å². The van der Waals surface area contributed by atoms with Gasteiger partial charge < -0.3 is 24.7 Å². The van der Waals surface area contributed by atoms with Gasteiger partial charge >= 0.3 is 5.97 Å². The molecule has 0 aliphatic carbocycles. The molecule has 2 heterocycles. The number of aromatic nitrogens is 2. The van der Waals surface area contributed by atoms with Crippen molar-refractivity contribution in [3.63, 3.8) is 0 Å². The first kappa shape index (κ1) is 22.0. The zero-order valence-corrected chi connectivity index (χ0v) is 17.9. The predicted octanol–water partition coefficient (Wildman–Crippen LogP) is 2.92. The number of unbranched alkanes of at least 4 members (excludes halogenated alkanes) is 1. The van der Waals surface area contributed by atoms with E-state index in [9.17, 15) is 10.1 Å². The Hall–Kier alpha value is -3.67. The minimum atomic E-state index is -0.587. The third kappa shape index (κ3) is 4.58. The van der Waals surface area contributed by atoms with Crippen molar-refractivity contribution in [2.75, 3.05) is 20.3 Å². The average Bonchev–Trinajstić information content (AvgIpc) is 3.15. The van der Waals surface area contributed by atoms with E-state index < -0.39 is 11.9 Å². The number of esters is 1.